The number of hydrogen-bond donors (Lipinski definition) is 2. The highest BCUT2D eigenvalue weighted by Crippen LogP contribution is 2.25. The molecule has 1 rings (SSSR count). The van der Waals surface area contributed by atoms with Crippen LogP contribution in [0.3, 0.4) is 0 Å². The standard InChI is InChI=1S/C13H28N2O/c1-10-6-5-7-15(8-10)11(9-16)12(14)13(2,3)4/h10-12,16H,5-9,14H2,1-4H3. The Bertz CT molecular complexity index is 212. The molecule has 0 spiro atoms. The van der Waals surface area contributed by atoms with Crippen LogP contribution >= 0.6 is 0 Å². The normalized spacial score (nSPS) is 27.8. The quantitative estimate of drug-likeness (QED) is 0.769. The fourth-order valence-electron chi connectivity index (χ4n) is 2.56. The van der Waals surface area contributed by atoms with E-state index in [1.165, 1.54) is 12.8 Å². The average molecular weight is 228 g/mol. The topological polar surface area (TPSA) is 49.5 Å². The van der Waals surface area contributed by atoms with Crippen molar-refractivity contribution in [2.75, 3.05) is 19.7 Å². The SMILES string of the molecule is CC1CCCN(C(CO)C(N)C(C)(C)C)C1. The molecule has 0 aromatic rings. The Labute approximate surface area is 100 Å². The van der Waals surface area contributed by atoms with Crippen LogP contribution in [0.1, 0.15) is 40.5 Å². The number of rotatable bonds is 3. The molecule has 0 aliphatic carbocycles. The van der Waals surface area contributed by atoms with Crippen molar-refractivity contribution in [2.24, 2.45) is 17.1 Å². The molecule has 1 aliphatic heterocycles. The maximum atomic E-state index is 9.58. The fourth-order valence-corrected chi connectivity index (χ4v) is 2.56. The number of likely N-dealkylation sites (tertiary alicyclic amines) is 1. The number of nitrogens with two attached hydrogens (primary N) is 1. The second-order valence-electron chi connectivity index (χ2n) is 6.38. The molecule has 3 unspecified atom stereocenters. The maximum absolute atomic E-state index is 9.58. The van der Waals surface area contributed by atoms with Crippen LogP contribution in [0.4, 0.5) is 0 Å². The van der Waals surface area contributed by atoms with Crippen LogP contribution in [0.2, 0.25) is 0 Å². The molecule has 1 aliphatic rings. The molecule has 3 heteroatoms. The number of piperidine rings is 1. The summed E-state index contributed by atoms with van der Waals surface area (Å²) in [6.45, 7) is 11.1. The summed E-state index contributed by atoms with van der Waals surface area (Å²) in [5.74, 6) is 0.731. The van der Waals surface area contributed by atoms with E-state index in [1.54, 1.807) is 0 Å². The maximum Gasteiger partial charge on any atom is 0.0602 e. The molecule has 3 atom stereocenters. The third kappa shape index (κ3) is 3.44. The minimum Gasteiger partial charge on any atom is -0.395 e. The first-order valence-electron chi connectivity index (χ1n) is 6.46. The first kappa shape index (κ1) is 13.9. The van der Waals surface area contributed by atoms with Gasteiger partial charge in [0.2, 0.25) is 0 Å². The van der Waals surface area contributed by atoms with Crippen LogP contribution in [-0.4, -0.2) is 41.8 Å². The van der Waals surface area contributed by atoms with Gasteiger partial charge in [0.15, 0.2) is 0 Å². The summed E-state index contributed by atoms with van der Waals surface area (Å²) in [6, 6.07) is 0.144. The van der Waals surface area contributed by atoms with Gasteiger partial charge in [-0.05, 0) is 30.7 Å². The predicted octanol–water partition coefficient (Wildman–Crippen LogP) is 1.45. The van der Waals surface area contributed by atoms with Crippen molar-refractivity contribution in [3.8, 4) is 0 Å². The number of aliphatic hydroxyl groups excluding tert-OH is 1. The number of nitrogens with zero attached hydrogens (tertiary/aromatic N) is 1. The van der Waals surface area contributed by atoms with Crippen molar-refractivity contribution in [3.63, 3.8) is 0 Å². The zero-order valence-electron chi connectivity index (χ0n) is 11.2. The highest BCUT2D eigenvalue weighted by Gasteiger charge is 2.33. The number of hydrogen-bond acceptors (Lipinski definition) is 3. The van der Waals surface area contributed by atoms with Gasteiger partial charge < -0.3 is 10.8 Å². The van der Waals surface area contributed by atoms with E-state index in [0.29, 0.717) is 0 Å². The summed E-state index contributed by atoms with van der Waals surface area (Å²) < 4.78 is 0. The Morgan fingerprint density at radius 3 is 2.50 bits per heavy atom. The molecule has 3 N–H and O–H groups in total. The number of aliphatic hydroxyl groups is 1. The van der Waals surface area contributed by atoms with Crippen LogP contribution in [0.25, 0.3) is 0 Å². The molecule has 0 saturated carbocycles. The highest BCUT2D eigenvalue weighted by atomic mass is 16.3. The Morgan fingerprint density at radius 2 is 2.06 bits per heavy atom. The molecule has 1 heterocycles. The van der Waals surface area contributed by atoms with Crippen LogP contribution in [0, 0.1) is 11.3 Å². The molecule has 0 bridgehead atoms. The van der Waals surface area contributed by atoms with Gasteiger partial charge in [0.25, 0.3) is 0 Å². The lowest BCUT2D eigenvalue weighted by Crippen LogP contribution is -2.57. The third-order valence-electron chi connectivity index (χ3n) is 3.76. The van der Waals surface area contributed by atoms with E-state index in [0.717, 1.165) is 19.0 Å². The Kier molecular flexibility index (Phi) is 4.77. The molecule has 0 radical (unpaired) electrons. The van der Waals surface area contributed by atoms with Crippen molar-refractivity contribution in [1.82, 2.24) is 4.90 Å². The molecule has 0 aromatic carbocycles. The van der Waals surface area contributed by atoms with Crippen LogP contribution in [0.5, 0.6) is 0 Å². The molecular formula is C13H28N2O. The van der Waals surface area contributed by atoms with Gasteiger partial charge in [-0.15, -0.1) is 0 Å². The first-order chi connectivity index (χ1) is 7.36. The lowest BCUT2D eigenvalue weighted by molar-refractivity contribution is 0.0437. The van der Waals surface area contributed by atoms with Crippen molar-refractivity contribution in [3.05, 3.63) is 0 Å². The van der Waals surface area contributed by atoms with Gasteiger partial charge in [-0.1, -0.05) is 27.7 Å². The van der Waals surface area contributed by atoms with Gasteiger partial charge in [-0.2, -0.15) is 0 Å². The van der Waals surface area contributed by atoms with Crippen molar-refractivity contribution >= 4 is 0 Å². The predicted molar refractivity (Wildman–Crippen MR) is 68.3 cm³/mol. The average Bonchev–Trinajstić information content (AvgIpc) is 2.17. The molecule has 0 amide bonds. The van der Waals surface area contributed by atoms with E-state index in [9.17, 15) is 5.11 Å². The van der Waals surface area contributed by atoms with Gasteiger partial charge in [-0.25, -0.2) is 0 Å². The van der Waals surface area contributed by atoms with Crippen molar-refractivity contribution in [1.29, 1.82) is 0 Å². The summed E-state index contributed by atoms with van der Waals surface area (Å²) in [4.78, 5) is 2.38. The Balaban J connectivity index is 2.66. The van der Waals surface area contributed by atoms with Crippen molar-refractivity contribution in [2.45, 2.75) is 52.6 Å². The largest absolute Gasteiger partial charge is 0.395 e. The van der Waals surface area contributed by atoms with Gasteiger partial charge in [0.1, 0.15) is 0 Å². The van der Waals surface area contributed by atoms with E-state index < -0.39 is 0 Å². The minimum atomic E-state index is 0.0304. The Morgan fingerprint density at radius 1 is 1.44 bits per heavy atom. The first-order valence-corrected chi connectivity index (χ1v) is 6.46. The Hall–Kier alpha value is -0.120. The molecule has 0 aromatic heterocycles. The zero-order valence-corrected chi connectivity index (χ0v) is 11.2. The lowest BCUT2D eigenvalue weighted by Gasteiger charge is -2.43. The molecule has 3 nitrogen and oxygen atoms in total. The van der Waals surface area contributed by atoms with Gasteiger partial charge >= 0.3 is 0 Å². The molecule has 16 heavy (non-hydrogen) atoms. The molecule has 1 fully saturated rings. The van der Waals surface area contributed by atoms with Crippen LogP contribution < -0.4 is 5.73 Å². The van der Waals surface area contributed by atoms with Gasteiger partial charge in [0, 0.05) is 18.6 Å². The van der Waals surface area contributed by atoms with Crippen LogP contribution in [0.15, 0.2) is 0 Å². The monoisotopic (exact) mass is 228 g/mol. The fraction of sp³-hybridized carbons (Fsp3) is 1.00. The van der Waals surface area contributed by atoms with Gasteiger partial charge in [-0.3, -0.25) is 4.90 Å². The molecular weight excluding hydrogens is 200 g/mol. The van der Waals surface area contributed by atoms with E-state index in [1.807, 2.05) is 0 Å². The highest BCUT2D eigenvalue weighted by molar-refractivity contribution is 4.91. The summed E-state index contributed by atoms with van der Waals surface area (Å²) in [6.07, 6.45) is 2.54. The van der Waals surface area contributed by atoms with E-state index in [-0.39, 0.29) is 24.1 Å². The second kappa shape index (κ2) is 5.48. The second-order valence-corrected chi connectivity index (χ2v) is 6.38. The summed E-state index contributed by atoms with van der Waals surface area (Å²) in [5.41, 5.74) is 6.33. The summed E-state index contributed by atoms with van der Waals surface area (Å²) in [5, 5.41) is 9.58. The van der Waals surface area contributed by atoms with E-state index in [4.69, 9.17) is 5.73 Å². The van der Waals surface area contributed by atoms with E-state index in [2.05, 4.69) is 32.6 Å². The lowest BCUT2D eigenvalue weighted by atomic mass is 9.81. The minimum absolute atomic E-state index is 0.0304. The summed E-state index contributed by atoms with van der Waals surface area (Å²) in [7, 11) is 0. The smallest absolute Gasteiger partial charge is 0.0602 e. The molecule has 1 saturated heterocycles. The third-order valence-corrected chi connectivity index (χ3v) is 3.76. The van der Waals surface area contributed by atoms with Crippen LogP contribution in [-0.2, 0) is 0 Å². The van der Waals surface area contributed by atoms with Gasteiger partial charge in [0.05, 0.1) is 6.61 Å². The van der Waals surface area contributed by atoms with Crippen molar-refractivity contribution < 1.29 is 5.11 Å². The van der Waals surface area contributed by atoms with E-state index >= 15 is 0 Å². The summed E-state index contributed by atoms with van der Waals surface area (Å²) >= 11 is 0. The molecule has 96 valence electrons. The zero-order chi connectivity index (χ0) is 12.3.